The Kier molecular flexibility index (Phi) is 27.4. The highest BCUT2D eigenvalue weighted by Gasteiger charge is 2.14. The molecule has 0 unspecified atom stereocenters. The van der Waals surface area contributed by atoms with Crippen LogP contribution in [-0.4, -0.2) is 148 Å². The first kappa shape index (κ1) is 32.3. The van der Waals surface area contributed by atoms with Gasteiger partial charge in [-0.2, -0.15) is 0 Å². The molecule has 0 rings (SSSR count). The number of hydrogen-bond acceptors (Lipinski definition) is 11. The van der Waals surface area contributed by atoms with E-state index in [2.05, 4.69) is 0 Å². The lowest BCUT2D eigenvalue weighted by molar-refractivity contribution is -0.144. The maximum Gasteiger partial charge on any atom is 0.321 e. The predicted molar refractivity (Wildman–Crippen MR) is 103 cm³/mol. The van der Waals surface area contributed by atoms with Crippen LogP contribution in [0.3, 0.4) is 0 Å². The van der Waals surface area contributed by atoms with E-state index in [1.807, 2.05) is 0 Å². The molecule has 0 amide bonds. The summed E-state index contributed by atoms with van der Waals surface area (Å²) in [5.74, 6) is -2.50. The quantitative estimate of drug-likeness (QED) is 0.119. The molecule has 0 saturated heterocycles. The molecule has 0 spiro atoms. The lowest BCUT2D eigenvalue weighted by Gasteiger charge is -2.17. The molecule has 13 nitrogen and oxygen atoms in total. The number of aliphatic carboxylic acids is 2. The van der Waals surface area contributed by atoms with Crippen LogP contribution in [0, 0.1) is 0 Å². The van der Waals surface area contributed by atoms with Gasteiger partial charge in [0.1, 0.15) is 6.04 Å². The first-order chi connectivity index (χ1) is 13.7. The number of rotatable bonds is 15. The number of nitrogens with zero attached hydrogens (tertiary/aromatic N) is 2. The number of carboxylic acid groups (broad SMARTS) is 2. The molecule has 0 radical (unpaired) electrons. The van der Waals surface area contributed by atoms with Crippen molar-refractivity contribution in [1.29, 1.82) is 0 Å². The average Bonchev–Trinajstić information content (AvgIpc) is 2.63. The third-order valence-corrected chi connectivity index (χ3v) is 3.21. The Bertz CT molecular complexity index is 330. The molecular weight excluding hydrogens is 394 g/mol. The summed E-state index contributed by atoms with van der Waals surface area (Å²) in [6.45, 7) is 3.51. The molecule has 1 atom stereocenters. The van der Waals surface area contributed by atoms with E-state index in [0.29, 0.717) is 39.3 Å². The lowest BCUT2D eigenvalue weighted by atomic mass is 10.2. The molecule has 0 saturated carbocycles. The Balaban J connectivity index is -0.000000350. The zero-order valence-corrected chi connectivity index (χ0v) is 16.6. The van der Waals surface area contributed by atoms with Crippen molar-refractivity contribution in [3.05, 3.63) is 0 Å². The van der Waals surface area contributed by atoms with Gasteiger partial charge in [0.2, 0.25) is 0 Å². The fourth-order valence-corrected chi connectivity index (χ4v) is 1.79. The van der Waals surface area contributed by atoms with Gasteiger partial charge in [-0.1, -0.05) is 0 Å². The van der Waals surface area contributed by atoms with Crippen LogP contribution in [0.4, 0.5) is 0 Å². The smallest absolute Gasteiger partial charge is 0.321 e. The Morgan fingerprint density at radius 3 is 0.966 bits per heavy atom. The van der Waals surface area contributed by atoms with Crippen molar-refractivity contribution in [3.8, 4) is 0 Å². The molecular formula is C16H37N3O10. The van der Waals surface area contributed by atoms with Crippen molar-refractivity contribution in [2.45, 2.75) is 12.5 Å². The molecule has 10 N–H and O–H groups in total. The zero-order chi connectivity index (χ0) is 23.1. The van der Waals surface area contributed by atoms with E-state index in [-0.39, 0.29) is 39.6 Å². The molecule has 0 aromatic carbocycles. The van der Waals surface area contributed by atoms with Crippen molar-refractivity contribution in [1.82, 2.24) is 9.80 Å². The van der Waals surface area contributed by atoms with Crippen LogP contribution < -0.4 is 5.73 Å². The van der Waals surface area contributed by atoms with E-state index in [1.165, 1.54) is 0 Å². The second-order valence-electron chi connectivity index (χ2n) is 5.57. The van der Waals surface area contributed by atoms with E-state index >= 15 is 0 Å². The van der Waals surface area contributed by atoms with Crippen molar-refractivity contribution in [2.24, 2.45) is 5.73 Å². The summed E-state index contributed by atoms with van der Waals surface area (Å²) in [6, 6.07) is -1.29. The predicted octanol–water partition coefficient (Wildman–Crippen LogP) is -4.60. The highest BCUT2D eigenvalue weighted by Crippen LogP contribution is 1.86. The summed E-state index contributed by atoms with van der Waals surface area (Å²) >= 11 is 0. The minimum Gasteiger partial charge on any atom is -0.481 e. The topological polar surface area (TPSA) is 228 Å². The van der Waals surface area contributed by atoms with Gasteiger partial charge in [-0.05, 0) is 0 Å². The summed E-state index contributed by atoms with van der Waals surface area (Å²) in [5.41, 5.74) is 4.84. The molecule has 0 aliphatic carbocycles. The normalized spacial score (nSPS) is 11.3. The fraction of sp³-hybridized carbons (Fsp3) is 0.875. The molecule has 0 bridgehead atoms. The van der Waals surface area contributed by atoms with E-state index in [9.17, 15) is 9.59 Å². The van der Waals surface area contributed by atoms with Crippen LogP contribution in [0.2, 0.25) is 0 Å². The number of aliphatic hydroxyl groups is 6. The van der Waals surface area contributed by atoms with E-state index in [4.69, 9.17) is 46.6 Å². The first-order valence-electron chi connectivity index (χ1n) is 9.03. The van der Waals surface area contributed by atoms with Gasteiger partial charge in [-0.3, -0.25) is 19.4 Å². The van der Waals surface area contributed by atoms with Gasteiger partial charge in [0, 0.05) is 39.3 Å². The van der Waals surface area contributed by atoms with Crippen LogP contribution >= 0.6 is 0 Å². The fourth-order valence-electron chi connectivity index (χ4n) is 1.79. The highest BCUT2D eigenvalue weighted by atomic mass is 16.4. The van der Waals surface area contributed by atoms with Gasteiger partial charge in [0.05, 0.1) is 46.1 Å². The second kappa shape index (κ2) is 24.6. The van der Waals surface area contributed by atoms with Gasteiger partial charge in [-0.25, -0.2) is 0 Å². The van der Waals surface area contributed by atoms with E-state index in [0.717, 1.165) is 0 Å². The highest BCUT2D eigenvalue weighted by molar-refractivity contribution is 5.80. The standard InChI is InChI=1S/2C6H15NO3.C4H7NO4/c2*8-4-1-7(2-5-9)3-6-10;5-2(4(8)9)1-3(6)7/h2*8-10H,1-6H2;2H,1,5H2,(H,6,7)(H,8,9)/t;;2-/m..0/s1. The van der Waals surface area contributed by atoms with Crippen molar-refractivity contribution >= 4 is 11.9 Å². The molecule has 0 aromatic heterocycles. The summed E-state index contributed by atoms with van der Waals surface area (Å²) in [4.78, 5) is 23.2. The van der Waals surface area contributed by atoms with E-state index in [1.54, 1.807) is 9.80 Å². The van der Waals surface area contributed by atoms with Crippen molar-refractivity contribution < 1.29 is 50.4 Å². The summed E-state index contributed by atoms with van der Waals surface area (Å²) in [6.07, 6.45) is -0.532. The van der Waals surface area contributed by atoms with Crippen LogP contribution in [0.15, 0.2) is 0 Å². The van der Waals surface area contributed by atoms with Crippen LogP contribution in [0.25, 0.3) is 0 Å². The first-order valence-corrected chi connectivity index (χ1v) is 9.03. The summed E-state index contributed by atoms with van der Waals surface area (Å²) in [7, 11) is 0. The monoisotopic (exact) mass is 431 g/mol. The third-order valence-electron chi connectivity index (χ3n) is 3.21. The molecule has 13 heteroatoms. The second-order valence-corrected chi connectivity index (χ2v) is 5.57. The average molecular weight is 431 g/mol. The molecule has 176 valence electrons. The molecule has 0 heterocycles. The Morgan fingerprint density at radius 1 is 0.621 bits per heavy atom. The number of aliphatic hydroxyl groups excluding tert-OH is 6. The lowest BCUT2D eigenvalue weighted by Crippen LogP contribution is -2.32. The summed E-state index contributed by atoms with van der Waals surface area (Å²) < 4.78 is 0. The molecule has 0 fully saturated rings. The van der Waals surface area contributed by atoms with Crippen molar-refractivity contribution in [3.63, 3.8) is 0 Å². The van der Waals surface area contributed by atoms with Crippen LogP contribution in [-0.2, 0) is 9.59 Å². The van der Waals surface area contributed by atoms with E-state index < -0.39 is 24.4 Å². The SMILES string of the molecule is N[C@@H](CC(=O)O)C(=O)O.OCCN(CCO)CCO.OCCN(CCO)CCO. The number of carboxylic acids is 2. The minimum atomic E-state index is -1.29. The molecule has 0 aliphatic heterocycles. The van der Waals surface area contributed by atoms with Crippen molar-refractivity contribution in [2.75, 3.05) is 78.9 Å². The molecule has 0 aromatic rings. The van der Waals surface area contributed by atoms with Gasteiger partial charge >= 0.3 is 11.9 Å². The zero-order valence-electron chi connectivity index (χ0n) is 16.6. The Labute approximate surface area is 170 Å². The molecule has 29 heavy (non-hydrogen) atoms. The third kappa shape index (κ3) is 26.6. The Hall–Kier alpha value is -1.42. The van der Waals surface area contributed by atoms with Gasteiger partial charge < -0.3 is 46.6 Å². The van der Waals surface area contributed by atoms with Gasteiger partial charge in [0.15, 0.2) is 0 Å². The largest absolute Gasteiger partial charge is 0.481 e. The summed E-state index contributed by atoms with van der Waals surface area (Å²) in [5, 5.41) is 66.9. The van der Waals surface area contributed by atoms with Crippen LogP contribution in [0.5, 0.6) is 0 Å². The minimum absolute atomic E-state index is 0.0694. The van der Waals surface area contributed by atoms with Crippen LogP contribution in [0.1, 0.15) is 6.42 Å². The molecule has 0 aliphatic rings. The van der Waals surface area contributed by atoms with Gasteiger partial charge in [0.25, 0.3) is 0 Å². The van der Waals surface area contributed by atoms with Gasteiger partial charge in [-0.15, -0.1) is 0 Å². The Morgan fingerprint density at radius 2 is 0.862 bits per heavy atom. The maximum absolute atomic E-state index is 9.85. The number of nitrogens with two attached hydrogens (primary N) is 1. The number of carbonyl (C=O) groups is 2. The number of hydrogen-bond donors (Lipinski definition) is 9. The maximum atomic E-state index is 9.85.